The summed E-state index contributed by atoms with van der Waals surface area (Å²) in [6.07, 6.45) is 5.60. The number of para-hydroxylation sites is 1. The molecule has 1 aromatic carbocycles. The molecule has 2 aliphatic heterocycles. The lowest BCUT2D eigenvalue weighted by Crippen LogP contribution is -2.33. The van der Waals surface area contributed by atoms with Crippen LogP contribution in [0.25, 0.3) is 0 Å². The third kappa shape index (κ3) is 3.23. The lowest BCUT2D eigenvalue weighted by atomic mass is 10.2. The molecule has 5 nitrogen and oxygen atoms in total. The van der Waals surface area contributed by atoms with Crippen molar-refractivity contribution in [3.8, 4) is 0 Å². The van der Waals surface area contributed by atoms with E-state index in [2.05, 4.69) is 39.1 Å². The summed E-state index contributed by atoms with van der Waals surface area (Å²) < 4.78 is 0. The van der Waals surface area contributed by atoms with Gasteiger partial charge in [0.15, 0.2) is 0 Å². The molecule has 1 saturated heterocycles. The summed E-state index contributed by atoms with van der Waals surface area (Å²) in [5.41, 5.74) is 3.04. The Kier molecular flexibility index (Phi) is 4.38. The van der Waals surface area contributed by atoms with Crippen molar-refractivity contribution in [2.75, 3.05) is 24.5 Å². The summed E-state index contributed by atoms with van der Waals surface area (Å²) in [6, 6.07) is 10.3. The second-order valence-electron chi connectivity index (χ2n) is 6.90. The zero-order valence-corrected chi connectivity index (χ0v) is 14.7. The highest BCUT2D eigenvalue weighted by Gasteiger charge is 2.24. The Morgan fingerprint density at radius 1 is 1.00 bits per heavy atom. The number of carbonyl (C=O) groups is 1. The maximum atomic E-state index is 12.9. The molecule has 130 valence electrons. The molecule has 0 atom stereocenters. The van der Waals surface area contributed by atoms with Crippen LogP contribution in [-0.2, 0) is 6.42 Å². The van der Waals surface area contributed by atoms with Crippen LogP contribution in [0.5, 0.6) is 0 Å². The van der Waals surface area contributed by atoms with Crippen LogP contribution in [0.4, 0.5) is 11.5 Å². The van der Waals surface area contributed by atoms with E-state index < -0.39 is 0 Å². The van der Waals surface area contributed by atoms with Gasteiger partial charge in [-0.3, -0.25) is 4.79 Å². The quantitative estimate of drug-likeness (QED) is 0.842. The van der Waals surface area contributed by atoms with Crippen molar-refractivity contribution < 1.29 is 4.79 Å². The maximum Gasteiger partial charge on any atom is 0.272 e. The average molecular weight is 336 g/mol. The number of hydrogen-bond donors (Lipinski definition) is 0. The van der Waals surface area contributed by atoms with E-state index in [0.717, 1.165) is 44.7 Å². The lowest BCUT2D eigenvalue weighted by Gasteiger charge is -2.22. The van der Waals surface area contributed by atoms with E-state index in [4.69, 9.17) is 0 Å². The standard InChI is InChI=1S/C20H24N4O/c1-15-21-17(20(25)23-11-6-2-3-7-12-23)14-19(22-15)24-13-10-16-8-4-5-9-18(16)24/h4-5,8-9,14H,2-3,6-7,10-13H2,1H3. The topological polar surface area (TPSA) is 49.3 Å². The van der Waals surface area contributed by atoms with Gasteiger partial charge in [-0.15, -0.1) is 0 Å². The molecule has 0 radical (unpaired) electrons. The zero-order valence-electron chi connectivity index (χ0n) is 14.7. The SMILES string of the molecule is Cc1nc(C(=O)N2CCCCCC2)cc(N2CCc3ccccc32)n1. The van der Waals surface area contributed by atoms with Crippen molar-refractivity contribution in [2.45, 2.75) is 39.0 Å². The van der Waals surface area contributed by atoms with Crippen molar-refractivity contribution in [1.29, 1.82) is 0 Å². The lowest BCUT2D eigenvalue weighted by molar-refractivity contribution is 0.0755. The minimum absolute atomic E-state index is 0.0427. The van der Waals surface area contributed by atoms with E-state index in [1.54, 1.807) is 0 Å². The fourth-order valence-corrected chi connectivity index (χ4v) is 3.81. The molecule has 5 heteroatoms. The number of nitrogens with zero attached hydrogens (tertiary/aromatic N) is 4. The summed E-state index contributed by atoms with van der Waals surface area (Å²) in [4.78, 5) is 26.1. The van der Waals surface area contributed by atoms with Gasteiger partial charge in [-0.1, -0.05) is 31.0 Å². The van der Waals surface area contributed by atoms with Crippen molar-refractivity contribution in [1.82, 2.24) is 14.9 Å². The minimum Gasteiger partial charge on any atom is -0.337 e. The Morgan fingerprint density at radius 3 is 2.56 bits per heavy atom. The first-order valence-corrected chi connectivity index (χ1v) is 9.23. The monoisotopic (exact) mass is 336 g/mol. The Hall–Kier alpha value is -2.43. The largest absolute Gasteiger partial charge is 0.337 e. The molecule has 2 aromatic rings. The van der Waals surface area contributed by atoms with Gasteiger partial charge < -0.3 is 9.80 Å². The average Bonchev–Trinajstić information content (AvgIpc) is 2.87. The van der Waals surface area contributed by atoms with Gasteiger partial charge in [-0.05, 0) is 37.8 Å². The van der Waals surface area contributed by atoms with Crippen LogP contribution in [0.1, 0.15) is 47.6 Å². The number of aromatic nitrogens is 2. The Morgan fingerprint density at radius 2 is 1.76 bits per heavy atom. The molecule has 0 spiro atoms. The summed E-state index contributed by atoms with van der Waals surface area (Å²) >= 11 is 0. The molecule has 0 bridgehead atoms. The van der Waals surface area contributed by atoms with E-state index in [1.165, 1.54) is 24.1 Å². The first-order valence-electron chi connectivity index (χ1n) is 9.23. The van der Waals surface area contributed by atoms with Gasteiger partial charge in [0.2, 0.25) is 0 Å². The van der Waals surface area contributed by atoms with Crippen molar-refractivity contribution in [3.05, 3.63) is 47.4 Å². The first kappa shape index (κ1) is 16.1. The van der Waals surface area contributed by atoms with Crippen LogP contribution in [0.2, 0.25) is 0 Å². The highest BCUT2D eigenvalue weighted by molar-refractivity contribution is 5.93. The smallest absolute Gasteiger partial charge is 0.272 e. The van der Waals surface area contributed by atoms with Gasteiger partial charge >= 0.3 is 0 Å². The van der Waals surface area contributed by atoms with E-state index >= 15 is 0 Å². The van der Waals surface area contributed by atoms with E-state index in [1.807, 2.05) is 17.9 Å². The molecule has 25 heavy (non-hydrogen) atoms. The molecule has 0 unspecified atom stereocenters. The van der Waals surface area contributed by atoms with Crippen LogP contribution >= 0.6 is 0 Å². The molecule has 1 aromatic heterocycles. The number of likely N-dealkylation sites (tertiary alicyclic amines) is 1. The second-order valence-corrected chi connectivity index (χ2v) is 6.90. The van der Waals surface area contributed by atoms with Crippen LogP contribution in [0, 0.1) is 6.92 Å². The molecule has 1 amide bonds. The van der Waals surface area contributed by atoms with Crippen molar-refractivity contribution in [3.63, 3.8) is 0 Å². The molecule has 4 rings (SSSR count). The Balaban J connectivity index is 1.64. The molecule has 3 heterocycles. The van der Waals surface area contributed by atoms with Crippen LogP contribution in [0.3, 0.4) is 0 Å². The fourth-order valence-electron chi connectivity index (χ4n) is 3.81. The molecule has 0 N–H and O–H groups in total. The molecule has 0 saturated carbocycles. The first-order chi connectivity index (χ1) is 12.2. The van der Waals surface area contributed by atoms with Crippen molar-refractivity contribution in [2.24, 2.45) is 0 Å². The van der Waals surface area contributed by atoms with Gasteiger partial charge in [-0.25, -0.2) is 9.97 Å². The van der Waals surface area contributed by atoms with Gasteiger partial charge in [-0.2, -0.15) is 0 Å². The summed E-state index contributed by atoms with van der Waals surface area (Å²) in [6.45, 7) is 4.44. The van der Waals surface area contributed by atoms with Gasteiger partial charge in [0.25, 0.3) is 5.91 Å². The Labute approximate surface area is 148 Å². The van der Waals surface area contributed by atoms with Gasteiger partial charge in [0, 0.05) is 31.4 Å². The molecule has 2 aliphatic rings. The van der Waals surface area contributed by atoms with Crippen molar-refractivity contribution >= 4 is 17.4 Å². The number of amides is 1. The number of anilines is 2. The molecular weight excluding hydrogens is 312 g/mol. The number of benzene rings is 1. The predicted molar refractivity (Wildman–Crippen MR) is 98.3 cm³/mol. The highest BCUT2D eigenvalue weighted by Crippen LogP contribution is 2.33. The number of carbonyl (C=O) groups excluding carboxylic acids is 1. The third-order valence-electron chi connectivity index (χ3n) is 5.10. The molecule has 1 fully saturated rings. The summed E-state index contributed by atoms with van der Waals surface area (Å²) in [5, 5.41) is 0. The third-order valence-corrected chi connectivity index (χ3v) is 5.10. The number of rotatable bonds is 2. The van der Waals surface area contributed by atoms with E-state index in [9.17, 15) is 4.79 Å². The summed E-state index contributed by atoms with van der Waals surface area (Å²) in [7, 11) is 0. The molecule has 0 aliphatic carbocycles. The molecular formula is C20H24N4O. The highest BCUT2D eigenvalue weighted by atomic mass is 16.2. The Bertz CT molecular complexity index is 781. The number of hydrogen-bond acceptors (Lipinski definition) is 4. The van der Waals surface area contributed by atoms with Gasteiger partial charge in [0.05, 0.1) is 0 Å². The number of fused-ring (bicyclic) bond motifs is 1. The minimum atomic E-state index is 0.0427. The number of aryl methyl sites for hydroxylation is 1. The second kappa shape index (κ2) is 6.82. The predicted octanol–water partition coefficient (Wildman–Crippen LogP) is 3.50. The van der Waals surface area contributed by atoms with Gasteiger partial charge in [0.1, 0.15) is 17.3 Å². The van der Waals surface area contributed by atoms with Crippen LogP contribution in [-0.4, -0.2) is 40.4 Å². The van der Waals surface area contributed by atoms with Crippen LogP contribution in [0.15, 0.2) is 30.3 Å². The van der Waals surface area contributed by atoms with E-state index in [0.29, 0.717) is 11.5 Å². The summed E-state index contributed by atoms with van der Waals surface area (Å²) in [5.74, 6) is 1.52. The fraction of sp³-hybridized carbons (Fsp3) is 0.450. The normalized spacial score (nSPS) is 17.3. The van der Waals surface area contributed by atoms with Crippen LogP contribution < -0.4 is 4.90 Å². The maximum absolute atomic E-state index is 12.9. The van der Waals surface area contributed by atoms with E-state index in [-0.39, 0.29) is 5.91 Å². The zero-order chi connectivity index (χ0) is 17.2.